The summed E-state index contributed by atoms with van der Waals surface area (Å²) in [7, 11) is 0. The Balaban J connectivity index is 1.26. The van der Waals surface area contributed by atoms with Gasteiger partial charge in [-0.3, -0.25) is 9.59 Å². The summed E-state index contributed by atoms with van der Waals surface area (Å²) < 4.78 is 6.56. The number of aromatic nitrogens is 1. The highest BCUT2D eigenvalue weighted by Crippen LogP contribution is 2.29. The van der Waals surface area contributed by atoms with Crippen molar-refractivity contribution in [3.05, 3.63) is 82.9 Å². The summed E-state index contributed by atoms with van der Waals surface area (Å²) >= 11 is 1.70. The SMILES string of the molecule is O=C1COc2cc(C(=O)Nc3ccc(Cc4nc5ccccc5s4)cc3)ccc2N1. The minimum Gasteiger partial charge on any atom is -0.482 e. The van der Waals surface area contributed by atoms with E-state index >= 15 is 0 Å². The van der Waals surface area contributed by atoms with E-state index in [-0.39, 0.29) is 18.4 Å². The van der Waals surface area contributed by atoms with E-state index in [1.54, 1.807) is 29.5 Å². The van der Waals surface area contributed by atoms with E-state index < -0.39 is 0 Å². The van der Waals surface area contributed by atoms with Crippen LogP contribution in [0.2, 0.25) is 0 Å². The molecule has 5 rings (SSSR count). The van der Waals surface area contributed by atoms with Gasteiger partial charge in [0, 0.05) is 17.7 Å². The van der Waals surface area contributed by atoms with Crippen LogP contribution in [0.1, 0.15) is 20.9 Å². The first kappa shape index (κ1) is 18.3. The Morgan fingerprint density at radius 2 is 1.93 bits per heavy atom. The average molecular weight is 415 g/mol. The number of benzene rings is 3. The minimum absolute atomic E-state index is 0.0474. The molecule has 2 heterocycles. The van der Waals surface area contributed by atoms with Gasteiger partial charge >= 0.3 is 0 Å². The molecule has 3 aromatic carbocycles. The first-order chi connectivity index (χ1) is 14.6. The lowest BCUT2D eigenvalue weighted by Crippen LogP contribution is -2.25. The van der Waals surface area contributed by atoms with Gasteiger partial charge in [-0.2, -0.15) is 0 Å². The lowest BCUT2D eigenvalue weighted by atomic mass is 10.1. The second-order valence-corrected chi connectivity index (χ2v) is 8.07. The molecule has 0 atom stereocenters. The number of nitrogens with one attached hydrogen (secondary N) is 2. The first-order valence-electron chi connectivity index (χ1n) is 9.45. The van der Waals surface area contributed by atoms with Crippen LogP contribution in [-0.4, -0.2) is 23.4 Å². The molecule has 1 aromatic heterocycles. The van der Waals surface area contributed by atoms with Gasteiger partial charge in [0.1, 0.15) is 5.75 Å². The van der Waals surface area contributed by atoms with E-state index in [2.05, 4.69) is 21.7 Å². The van der Waals surface area contributed by atoms with Gasteiger partial charge < -0.3 is 15.4 Å². The quantitative estimate of drug-likeness (QED) is 0.515. The highest BCUT2D eigenvalue weighted by molar-refractivity contribution is 7.18. The van der Waals surface area contributed by atoms with E-state index in [4.69, 9.17) is 4.74 Å². The molecule has 148 valence electrons. The number of hydrogen-bond acceptors (Lipinski definition) is 5. The van der Waals surface area contributed by atoms with E-state index in [0.29, 0.717) is 22.7 Å². The van der Waals surface area contributed by atoms with Crippen LogP contribution in [-0.2, 0) is 11.2 Å². The molecule has 0 fully saturated rings. The van der Waals surface area contributed by atoms with E-state index in [0.717, 1.165) is 22.5 Å². The van der Waals surface area contributed by atoms with Crippen molar-refractivity contribution in [1.29, 1.82) is 0 Å². The monoisotopic (exact) mass is 415 g/mol. The zero-order valence-corrected chi connectivity index (χ0v) is 16.7. The Kier molecular flexibility index (Phi) is 4.65. The van der Waals surface area contributed by atoms with E-state index in [9.17, 15) is 9.59 Å². The smallest absolute Gasteiger partial charge is 0.262 e. The van der Waals surface area contributed by atoms with Gasteiger partial charge in [-0.15, -0.1) is 11.3 Å². The van der Waals surface area contributed by atoms with Crippen LogP contribution in [0.25, 0.3) is 10.2 Å². The summed E-state index contributed by atoms with van der Waals surface area (Å²) in [5, 5.41) is 6.67. The van der Waals surface area contributed by atoms with Crippen molar-refractivity contribution in [3.63, 3.8) is 0 Å². The third-order valence-corrected chi connectivity index (χ3v) is 5.82. The van der Waals surface area contributed by atoms with Crippen molar-refractivity contribution in [1.82, 2.24) is 4.98 Å². The number of amides is 2. The normalized spacial score (nSPS) is 12.7. The van der Waals surface area contributed by atoms with Gasteiger partial charge in [-0.25, -0.2) is 4.98 Å². The molecule has 2 amide bonds. The molecule has 1 aliphatic heterocycles. The highest BCUT2D eigenvalue weighted by atomic mass is 32.1. The zero-order chi connectivity index (χ0) is 20.5. The van der Waals surface area contributed by atoms with Gasteiger partial charge in [0.25, 0.3) is 11.8 Å². The summed E-state index contributed by atoms with van der Waals surface area (Å²) in [6, 6.07) is 20.8. The number of carbonyl (C=O) groups excluding carboxylic acids is 2. The van der Waals surface area contributed by atoms with Crippen LogP contribution in [0.3, 0.4) is 0 Å². The number of fused-ring (bicyclic) bond motifs is 2. The molecule has 0 bridgehead atoms. The van der Waals surface area contributed by atoms with Crippen molar-refractivity contribution in [3.8, 4) is 5.75 Å². The highest BCUT2D eigenvalue weighted by Gasteiger charge is 2.18. The van der Waals surface area contributed by atoms with Gasteiger partial charge in [-0.1, -0.05) is 24.3 Å². The zero-order valence-electron chi connectivity index (χ0n) is 15.8. The molecular weight excluding hydrogens is 398 g/mol. The maximum atomic E-state index is 12.6. The summed E-state index contributed by atoms with van der Waals surface area (Å²) in [4.78, 5) is 28.6. The fourth-order valence-corrected chi connectivity index (χ4v) is 4.30. The average Bonchev–Trinajstić information content (AvgIpc) is 3.17. The molecule has 4 aromatic rings. The fourth-order valence-electron chi connectivity index (χ4n) is 3.30. The molecule has 0 saturated heterocycles. The van der Waals surface area contributed by atoms with Crippen molar-refractivity contribution >= 4 is 44.7 Å². The third kappa shape index (κ3) is 3.75. The van der Waals surface area contributed by atoms with Crippen molar-refractivity contribution in [2.75, 3.05) is 17.2 Å². The van der Waals surface area contributed by atoms with Crippen LogP contribution in [0.4, 0.5) is 11.4 Å². The Morgan fingerprint density at radius 1 is 1.10 bits per heavy atom. The molecule has 0 radical (unpaired) electrons. The first-order valence-corrected chi connectivity index (χ1v) is 10.3. The molecule has 2 N–H and O–H groups in total. The lowest BCUT2D eigenvalue weighted by molar-refractivity contribution is -0.118. The van der Waals surface area contributed by atoms with Crippen LogP contribution in [0.5, 0.6) is 5.75 Å². The maximum absolute atomic E-state index is 12.6. The number of para-hydroxylation sites is 1. The predicted molar refractivity (Wildman–Crippen MR) is 117 cm³/mol. The van der Waals surface area contributed by atoms with Crippen molar-refractivity contribution in [2.24, 2.45) is 0 Å². The van der Waals surface area contributed by atoms with Gasteiger partial charge in [0.05, 0.1) is 20.9 Å². The second-order valence-electron chi connectivity index (χ2n) is 6.95. The molecule has 0 saturated carbocycles. The molecule has 1 aliphatic rings. The predicted octanol–water partition coefficient (Wildman–Crippen LogP) is 4.47. The molecule has 7 heteroatoms. The Morgan fingerprint density at radius 3 is 2.77 bits per heavy atom. The van der Waals surface area contributed by atoms with Crippen molar-refractivity contribution in [2.45, 2.75) is 6.42 Å². The van der Waals surface area contributed by atoms with Crippen LogP contribution in [0.15, 0.2) is 66.7 Å². The number of ether oxygens (including phenoxy) is 1. The molecule has 6 nitrogen and oxygen atoms in total. The third-order valence-electron chi connectivity index (χ3n) is 4.78. The number of nitrogens with zero attached hydrogens (tertiary/aromatic N) is 1. The number of hydrogen-bond donors (Lipinski definition) is 2. The standard InChI is InChI=1S/C23H17N3O3S/c27-21-13-29-19-12-15(7-10-17(19)25-21)23(28)24-16-8-5-14(6-9-16)11-22-26-18-3-1-2-4-20(18)30-22/h1-10,12H,11,13H2,(H,24,28)(H,25,27). The Bertz CT molecular complexity index is 1230. The Labute approximate surface area is 176 Å². The van der Waals surface area contributed by atoms with Crippen LogP contribution >= 0.6 is 11.3 Å². The molecule has 0 unspecified atom stereocenters. The number of rotatable bonds is 4. The largest absolute Gasteiger partial charge is 0.482 e. The van der Waals surface area contributed by atoms with E-state index in [1.807, 2.05) is 42.5 Å². The topological polar surface area (TPSA) is 80.3 Å². The molecule has 0 spiro atoms. The fraction of sp³-hybridized carbons (Fsp3) is 0.0870. The summed E-state index contributed by atoms with van der Waals surface area (Å²) in [5.74, 6) is 0.0521. The summed E-state index contributed by atoms with van der Waals surface area (Å²) in [5.41, 5.74) is 3.89. The van der Waals surface area contributed by atoms with Crippen LogP contribution < -0.4 is 15.4 Å². The number of anilines is 2. The van der Waals surface area contributed by atoms with Gasteiger partial charge in [0.15, 0.2) is 6.61 Å². The van der Waals surface area contributed by atoms with Gasteiger partial charge in [0.2, 0.25) is 0 Å². The number of thiazole rings is 1. The summed E-state index contributed by atoms with van der Waals surface area (Å²) in [6.45, 7) is -0.0474. The lowest BCUT2D eigenvalue weighted by Gasteiger charge is -2.18. The minimum atomic E-state index is -0.239. The molecular formula is C23H17N3O3S. The van der Waals surface area contributed by atoms with Crippen LogP contribution in [0, 0.1) is 0 Å². The summed E-state index contributed by atoms with van der Waals surface area (Å²) in [6.07, 6.45) is 0.751. The Hall–Kier alpha value is -3.71. The number of carbonyl (C=O) groups is 2. The second kappa shape index (κ2) is 7.61. The maximum Gasteiger partial charge on any atom is 0.262 e. The molecule has 30 heavy (non-hydrogen) atoms. The van der Waals surface area contributed by atoms with Crippen molar-refractivity contribution < 1.29 is 14.3 Å². The molecule has 0 aliphatic carbocycles. The van der Waals surface area contributed by atoms with Gasteiger partial charge in [-0.05, 0) is 48.0 Å². The van der Waals surface area contributed by atoms with E-state index in [1.165, 1.54) is 4.70 Å².